The molecule has 0 radical (unpaired) electrons. The van der Waals surface area contributed by atoms with Gasteiger partial charge in [-0.15, -0.1) is 0 Å². The van der Waals surface area contributed by atoms with Crippen molar-refractivity contribution < 1.29 is 23.9 Å². The Balaban J connectivity index is 1.93. The highest BCUT2D eigenvalue weighted by molar-refractivity contribution is 5.96. The minimum Gasteiger partial charge on any atom is -0.481 e. The highest BCUT2D eigenvalue weighted by Gasteiger charge is 2.20. The molecule has 2 rings (SSSR count). The van der Waals surface area contributed by atoms with Crippen molar-refractivity contribution in [2.75, 3.05) is 11.9 Å². The van der Waals surface area contributed by atoms with Gasteiger partial charge >= 0.3 is 5.97 Å². The highest BCUT2D eigenvalue weighted by Crippen LogP contribution is 2.26. The van der Waals surface area contributed by atoms with Crippen LogP contribution >= 0.6 is 0 Å². The molecule has 7 nitrogen and oxygen atoms in total. The van der Waals surface area contributed by atoms with Crippen LogP contribution < -0.4 is 15.8 Å². The number of rotatable bonds is 9. The summed E-state index contributed by atoms with van der Waals surface area (Å²) in [5.41, 5.74) is 7.15. The molecule has 2 atom stereocenters. The number of anilines is 1. The third kappa shape index (κ3) is 6.07. The number of amides is 2. The molecule has 7 heteroatoms. The third-order valence-electron chi connectivity index (χ3n) is 4.54. The van der Waals surface area contributed by atoms with Gasteiger partial charge in [0.2, 0.25) is 0 Å². The maximum absolute atomic E-state index is 12.4. The zero-order valence-corrected chi connectivity index (χ0v) is 16.8. The van der Waals surface area contributed by atoms with Crippen molar-refractivity contribution in [2.24, 2.45) is 5.73 Å². The maximum atomic E-state index is 12.4. The van der Waals surface area contributed by atoms with Gasteiger partial charge in [0, 0.05) is 5.69 Å². The number of carbonyl (C=O) groups excluding carboxylic acids is 3. The van der Waals surface area contributed by atoms with E-state index in [4.69, 9.17) is 15.2 Å². The summed E-state index contributed by atoms with van der Waals surface area (Å²) < 4.78 is 10.5. The van der Waals surface area contributed by atoms with Gasteiger partial charge in [0.1, 0.15) is 5.75 Å². The number of hydrogen-bond donors (Lipinski definition) is 2. The molecule has 0 unspecified atom stereocenters. The number of esters is 1. The van der Waals surface area contributed by atoms with E-state index in [1.165, 1.54) is 19.1 Å². The van der Waals surface area contributed by atoms with Gasteiger partial charge in [-0.25, -0.2) is 4.79 Å². The summed E-state index contributed by atoms with van der Waals surface area (Å²) in [5, 5.41) is 2.81. The van der Waals surface area contributed by atoms with Crippen LogP contribution in [0.2, 0.25) is 0 Å². The molecule has 154 valence electrons. The highest BCUT2D eigenvalue weighted by atomic mass is 16.6. The predicted molar refractivity (Wildman–Crippen MR) is 110 cm³/mol. The molecule has 0 bridgehead atoms. The summed E-state index contributed by atoms with van der Waals surface area (Å²) in [7, 11) is 0. The topological polar surface area (TPSA) is 108 Å². The second-order valence-corrected chi connectivity index (χ2v) is 6.67. The molecular weight excluding hydrogens is 372 g/mol. The zero-order valence-electron chi connectivity index (χ0n) is 16.8. The Hall–Kier alpha value is -3.35. The Labute approximate surface area is 170 Å². The molecule has 29 heavy (non-hydrogen) atoms. The van der Waals surface area contributed by atoms with Crippen molar-refractivity contribution in [3.63, 3.8) is 0 Å². The van der Waals surface area contributed by atoms with Gasteiger partial charge in [0.05, 0.1) is 5.56 Å². The first-order chi connectivity index (χ1) is 13.8. The maximum Gasteiger partial charge on any atom is 0.344 e. The van der Waals surface area contributed by atoms with E-state index < -0.39 is 30.5 Å². The van der Waals surface area contributed by atoms with Crippen LogP contribution in [0.1, 0.15) is 49.0 Å². The van der Waals surface area contributed by atoms with E-state index >= 15 is 0 Å². The van der Waals surface area contributed by atoms with Crippen molar-refractivity contribution >= 4 is 23.5 Å². The lowest BCUT2D eigenvalue weighted by molar-refractivity contribution is -0.155. The van der Waals surface area contributed by atoms with Crippen LogP contribution in [0.3, 0.4) is 0 Å². The summed E-state index contributed by atoms with van der Waals surface area (Å²) in [4.78, 5) is 35.9. The van der Waals surface area contributed by atoms with Crippen LogP contribution in [-0.4, -0.2) is 30.5 Å². The lowest BCUT2D eigenvalue weighted by atomic mass is 9.97. The van der Waals surface area contributed by atoms with Crippen LogP contribution in [0.15, 0.2) is 48.5 Å². The van der Waals surface area contributed by atoms with Crippen molar-refractivity contribution in [3.05, 3.63) is 59.7 Å². The van der Waals surface area contributed by atoms with Crippen molar-refractivity contribution in [1.82, 2.24) is 0 Å². The van der Waals surface area contributed by atoms with Crippen LogP contribution in [0.5, 0.6) is 5.75 Å². The average Bonchev–Trinajstić information content (AvgIpc) is 2.72. The van der Waals surface area contributed by atoms with Crippen molar-refractivity contribution in [3.8, 4) is 5.75 Å². The van der Waals surface area contributed by atoms with Gasteiger partial charge in [-0.2, -0.15) is 0 Å². The fourth-order valence-corrected chi connectivity index (χ4v) is 2.71. The van der Waals surface area contributed by atoms with Gasteiger partial charge in [0.25, 0.3) is 11.8 Å². The first-order valence-corrected chi connectivity index (χ1v) is 9.44. The molecule has 0 saturated carbocycles. The van der Waals surface area contributed by atoms with Crippen LogP contribution in [0.25, 0.3) is 0 Å². The predicted octanol–water partition coefficient (Wildman–Crippen LogP) is 3.25. The van der Waals surface area contributed by atoms with E-state index in [1.807, 2.05) is 24.3 Å². The summed E-state index contributed by atoms with van der Waals surface area (Å²) in [6, 6.07) is 13.8. The van der Waals surface area contributed by atoms with Gasteiger partial charge < -0.3 is 20.5 Å². The van der Waals surface area contributed by atoms with E-state index in [9.17, 15) is 14.4 Å². The molecule has 0 fully saturated rings. The van der Waals surface area contributed by atoms with Crippen LogP contribution in [0, 0.1) is 0 Å². The SMILES string of the molecule is CC[C@@H](C)c1ccccc1NC(=O)[C@@H](C)OC(=O)COc1ccccc1C(N)=O. The molecule has 3 N–H and O–H groups in total. The summed E-state index contributed by atoms with van der Waals surface area (Å²) in [6.07, 6.45) is -0.0795. The number of hydrogen-bond acceptors (Lipinski definition) is 5. The molecule has 2 aromatic rings. The lowest BCUT2D eigenvalue weighted by Gasteiger charge is -2.18. The molecule has 2 amide bonds. The first kappa shape index (κ1) is 21.9. The fourth-order valence-electron chi connectivity index (χ4n) is 2.71. The summed E-state index contributed by atoms with van der Waals surface area (Å²) in [6.45, 7) is 5.18. The number of primary amides is 1. The number of nitrogens with two attached hydrogens (primary N) is 1. The molecule has 2 aromatic carbocycles. The fraction of sp³-hybridized carbons (Fsp3) is 0.318. The Kier molecular flexibility index (Phi) is 7.77. The Morgan fingerprint density at radius 1 is 1.03 bits per heavy atom. The van der Waals surface area contributed by atoms with E-state index in [-0.39, 0.29) is 17.2 Å². The third-order valence-corrected chi connectivity index (χ3v) is 4.54. The molecule has 0 saturated heterocycles. The number of para-hydroxylation sites is 2. The van der Waals surface area contributed by atoms with Crippen molar-refractivity contribution in [2.45, 2.75) is 39.2 Å². The second-order valence-electron chi connectivity index (χ2n) is 6.67. The van der Waals surface area contributed by atoms with Gasteiger partial charge in [-0.05, 0) is 43.0 Å². The van der Waals surface area contributed by atoms with E-state index in [2.05, 4.69) is 19.2 Å². The van der Waals surface area contributed by atoms with E-state index in [1.54, 1.807) is 12.1 Å². The monoisotopic (exact) mass is 398 g/mol. The van der Waals surface area contributed by atoms with E-state index in [0.717, 1.165) is 12.0 Å². The minimum absolute atomic E-state index is 0.160. The summed E-state index contributed by atoms with van der Waals surface area (Å²) >= 11 is 0. The molecule has 0 aliphatic rings. The largest absolute Gasteiger partial charge is 0.481 e. The Bertz CT molecular complexity index is 881. The standard InChI is InChI=1S/C22H26N2O5/c1-4-14(2)16-9-5-7-11-18(16)24-22(27)15(3)29-20(25)13-28-19-12-8-6-10-17(19)21(23)26/h5-12,14-15H,4,13H2,1-3H3,(H2,23,26)(H,24,27)/t14-,15-/m1/s1. The average molecular weight is 398 g/mol. The molecule has 0 spiro atoms. The molecule has 0 aromatic heterocycles. The van der Waals surface area contributed by atoms with Gasteiger partial charge in [-0.1, -0.05) is 44.2 Å². The zero-order chi connectivity index (χ0) is 21.4. The Morgan fingerprint density at radius 3 is 2.38 bits per heavy atom. The molecule has 0 heterocycles. The number of benzene rings is 2. The molecule has 0 aliphatic carbocycles. The number of ether oxygens (including phenoxy) is 2. The molecular formula is C22H26N2O5. The smallest absolute Gasteiger partial charge is 0.344 e. The van der Waals surface area contributed by atoms with Crippen LogP contribution in [0.4, 0.5) is 5.69 Å². The minimum atomic E-state index is -1.01. The Morgan fingerprint density at radius 2 is 1.69 bits per heavy atom. The van der Waals surface area contributed by atoms with Crippen molar-refractivity contribution in [1.29, 1.82) is 0 Å². The molecule has 0 aliphatic heterocycles. The van der Waals surface area contributed by atoms with Crippen LogP contribution in [-0.2, 0) is 14.3 Å². The number of carbonyl (C=O) groups is 3. The quantitative estimate of drug-likeness (QED) is 0.631. The summed E-state index contributed by atoms with van der Waals surface area (Å²) in [5.74, 6) is -1.38. The first-order valence-electron chi connectivity index (χ1n) is 9.44. The van der Waals surface area contributed by atoms with Gasteiger partial charge in [0.15, 0.2) is 12.7 Å². The second kappa shape index (κ2) is 10.3. The number of nitrogens with one attached hydrogen (secondary N) is 1. The lowest BCUT2D eigenvalue weighted by Crippen LogP contribution is -2.32. The van der Waals surface area contributed by atoms with Gasteiger partial charge in [-0.3, -0.25) is 9.59 Å². The van der Waals surface area contributed by atoms with E-state index in [0.29, 0.717) is 5.69 Å². The normalized spacial score (nSPS) is 12.5.